The van der Waals surface area contributed by atoms with Crippen molar-refractivity contribution in [3.05, 3.63) is 72.2 Å². The lowest BCUT2D eigenvalue weighted by Crippen LogP contribution is -2.43. The van der Waals surface area contributed by atoms with Crippen LogP contribution in [0.25, 0.3) is 10.9 Å². The summed E-state index contributed by atoms with van der Waals surface area (Å²) >= 11 is 0. The van der Waals surface area contributed by atoms with Crippen LogP contribution in [0.15, 0.2) is 60.8 Å². The lowest BCUT2D eigenvalue weighted by atomic mass is 9.92. The predicted molar refractivity (Wildman–Crippen MR) is 114 cm³/mol. The fraction of sp³-hybridized carbons (Fsp3) is 0.261. The van der Waals surface area contributed by atoms with E-state index >= 15 is 0 Å². The molecular weight excluding hydrogens is 399 g/mol. The molecule has 8 heteroatoms. The van der Waals surface area contributed by atoms with Crippen LogP contribution in [0.5, 0.6) is 0 Å². The molecule has 1 saturated heterocycles. The summed E-state index contributed by atoms with van der Waals surface area (Å²) in [6.07, 6.45) is 2.72. The number of carbonyl (C=O) groups excluding carboxylic acids is 3. The summed E-state index contributed by atoms with van der Waals surface area (Å²) in [6, 6.07) is 14.8. The second-order valence-electron chi connectivity index (χ2n) is 7.72. The number of nitrogens with zero attached hydrogens (tertiary/aromatic N) is 2. The van der Waals surface area contributed by atoms with E-state index in [4.69, 9.17) is 0 Å². The molecule has 1 atom stereocenters. The van der Waals surface area contributed by atoms with Gasteiger partial charge >= 0.3 is 6.03 Å². The molecule has 1 fully saturated rings. The Kier molecular flexibility index (Phi) is 5.46. The number of benzene rings is 2. The third-order valence-corrected chi connectivity index (χ3v) is 5.58. The SMILES string of the molecule is CC1(c2ccc(F)cc2)NC(=O)N(CC(=O)NCCCn2ccc3ccccc32)C1=O. The Morgan fingerprint density at radius 2 is 1.84 bits per heavy atom. The van der Waals surface area contributed by atoms with Gasteiger partial charge in [-0.3, -0.25) is 14.5 Å². The van der Waals surface area contributed by atoms with Gasteiger partial charge in [0.25, 0.3) is 5.91 Å². The molecule has 1 aliphatic heterocycles. The van der Waals surface area contributed by atoms with Crippen molar-refractivity contribution in [2.45, 2.75) is 25.4 Å². The van der Waals surface area contributed by atoms with Crippen molar-refractivity contribution in [2.75, 3.05) is 13.1 Å². The van der Waals surface area contributed by atoms with Crippen LogP contribution in [0.1, 0.15) is 18.9 Å². The second-order valence-corrected chi connectivity index (χ2v) is 7.72. The molecule has 31 heavy (non-hydrogen) atoms. The van der Waals surface area contributed by atoms with E-state index in [2.05, 4.69) is 15.2 Å². The molecule has 3 aromatic rings. The van der Waals surface area contributed by atoms with Gasteiger partial charge in [0.1, 0.15) is 17.9 Å². The zero-order valence-corrected chi connectivity index (χ0v) is 17.1. The fourth-order valence-corrected chi connectivity index (χ4v) is 3.83. The Morgan fingerprint density at radius 1 is 1.10 bits per heavy atom. The van der Waals surface area contributed by atoms with Crippen molar-refractivity contribution in [1.29, 1.82) is 0 Å². The molecule has 0 saturated carbocycles. The highest BCUT2D eigenvalue weighted by atomic mass is 19.1. The molecule has 1 unspecified atom stereocenters. The zero-order chi connectivity index (χ0) is 22.0. The molecule has 7 nitrogen and oxygen atoms in total. The van der Waals surface area contributed by atoms with E-state index in [-0.39, 0.29) is 6.54 Å². The Bertz CT molecular complexity index is 1140. The number of fused-ring (bicyclic) bond motifs is 1. The smallest absolute Gasteiger partial charge is 0.325 e. The van der Waals surface area contributed by atoms with Crippen molar-refractivity contribution in [1.82, 2.24) is 20.1 Å². The minimum Gasteiger partial charge on any atom is -0.354 e. The molecule has 1 aliphatic rings. The highest BCUT2D eigenvalue weighted by Gasteiger charge is 2.49. The summed E-state index contributed by atoms with van der Waals surface area (Å²) in [6.45, 7) is 2.33. The minimum atomic E-state index is -1.33. The van der Waals surface area contributed by atoms with Crippen molar-refractivity contribution < 1.29 is 18.8 Å². The van der Waals surface area contributed by atoms with Gasteiger partial charge in [-0.2, -0.15) is 0 Å². The van der Waals surface area contributed by atoms with Crippen molar-refractivity contribution in [2.24, 2.45) is 0 Å². The number of aryl methyl sites for hydroxylation is 1. The number of halogens is 1. The maximum Gasteiger partial charge on any atom is 0.325 e. The van der Waals surface area contributed by atoms with E-state index in [0.29, 0.717) is 18.5 Å². The number of urea groups is 1. The van der Waals surface area contributed by atoms with Crippen LogP contribution in [0.4, 0.5) is 9.18 Å². The number of hydrogen-bond acceptors (Lipinski definition) is 3. The van der Waals surface area contributed by atoms with Gasteiger partial charge in [0.2, 0.25) is 5.91 Å². The summed E-state index contributed by atoms with van der Waals surface area (Å²) < 4.78 is 15.3. The second kappa shape index (κ2) is 8.22. The molecule has 160 valence electrons. The number of carbonyl (C=O) groups is 3. The van der Waals surface area contributed by atoms with E-state index < -0.39 is 29.2 Å². The van der Waals surface area contributed by atoms with E-state index in [1.54, 1.807) is 6.92 Å². The summed E-state index contributed by atoms with van der Waals surface area (Å²) in [7, 11) is 0. The van der Waals surface area contributed by atoms with Gasteiger partial charge in [0.05, 0.1) is 0 Å². The van der Waals surface area contributed by atoms with Gasteiger partial charge < -0.3 is 15.2 Å². The van der Waals surface area contributed by atoms with Crippen LogP contribution >= 0.6 is 0 Å². The highest BCUT2D eigenvalue weighted by molar-refractivity contribution is 6.09. The first kappa shape index (κ1) is 20.6. The standard InChI is InChI=1S/C23H23FN4O3/c1-23(17-7-9-18(24)10-8-17)21(30)28(22(31)26-23)15-20(29)25-12-4-13-27-14-11-16-5-2-3-6-19(16)27/h2-3,5-11,14H,4,12-13,15H2,1H3,(H,25,29)(H,26,31). The number of hydrogen-bond donors (Lipinski definition) is 2. The van der Waals surface area contributed by atoms with Crippen LogP contribution in [-0.2, 0) is 21.7 Å². The van der Waals surface area contributed by atoms with Crippen LogP contribution in [0.2, 0.25) is 0 Å². The van der Waals surface area contributed by atoms with Crippen molar-refractivity contribution in [3.8, 4) is 0 Å². The number of amides is 4. The van der Waals surface area contributed by atoms with Crippen molar-refractivity contribution >= 4 is 28.7 Å². The Morgan fingerprint density at radius 3 is 2.61 bits per heavy atom. The number of nitrogens with one attached hydrogen (secondary N) is 2. The van der Waals surface area contributed by atoms with Crippen LogP contribution < -0.4 is 10.6 Å². The Balaban J connectivity index is 1.30. The molecule has 4 amide bonds. The number of rotatable bonds is 7. The summed E-state index contributed by atoms with van der Waals surface area (Å²) in [4.78, 5) is 38.4. The topological polar surface area (TPSA) is 83.4 Å². The van der Waals surface area contributed by atoms with Gasteiger partial charge in [-0.25, -0.2) is 9.18 Å². The van der Waals surface area contributed by atoms with Gasteiger partial charge in [0, 0.05) is 24.8 Å². The molecule has 2 N–H and O–H groups in total. The fourth-order valence-electron chi connectivity index (χ4n) is 3.83. The lowest BCUT2D eigenvalue weighted by Gasteiger charge is -2.22. The van der Waals surface area contributed by atoms with Gasteiger partial charge in [-0.15, -0.1) is 0 Å². The quantitative estimate of drug-likeness (QED) is 0.454. The molecule has 0 radical (unpaired) electrons. The maximum atomic E-state index is 13.2. The lowest BCUT2D eigenvalue weighted by molar-refractivity contribution is -0.134. The molecule has 2 heterocycles. The normalized spacial score (nSPS) is 18.5. The first-order valence-electron chi connectivity index (χ1n) is 10.1. The Labute approximate surface area is 178 Å². The summed E-state index contributed by atoms with van der Waals surface area (Å²) in [5, 5.41) is 6.53. The molecule has 1 aromatic heterocycles. The minimum absolute atomic E-state index is 0.367. The molecular formula is C23H23FN4O3. The largest absolute Gasteiger partial charge is 0.354 e. The predicted octanol–water partition coefficient (Wildman–Crippen LogP) is 2.75. The number of imide groups is 1. The van der Waals surface area contributed by atoms with E-state index in [1.165, 1.54) is 24.3 Å². The first-order chi connectivity index (χ1) is 14.9. The zero-order valence-electron chi connectivity index (χ0n) is 17.1. The number of para-hydroxylation sites is 1. The van der Waals surface area contributed by atoms with Crippen LogP contribution in [-0.4, -0.2) is 40.4 Å². The van der Waals surface area contributed by atoms with Gasteiger partial charge in [-0.05, 0) is 48.6 Å². The molecule has 0 spiro atoms. The molecule has 4 rings (SSSR count). The molecule has 0 bridgehead atoms. The molecule has 0 aliphatic carbocycles. The maximum absolute atomic E-state index is 13.2. The Hall–Kier alpha value is -3.68. The monoisotopic (exact) mass is 422 g/mol. The third-order valence-electron chi connectivity index (χ3n) is 5.58. The highest BCUT2D eigenvalue weighted by Crippen LogP contribution is 2.28. The average molecular weight is 422 g/mol. The van der Waals surface area contributed by atoms with Gasteiger partial charge in [0.15, 0.2) is 0 Å². The van der Waals surface area contributed by atoms with E-state index in [1.807, 2.05) is 36.5 Å². The molecule has 2 aromatic carbocycles. The summed E-state index contributed by atoms with van der Waals surface area (Å²) in [5.74, 6) is -1.39. The average Bonchev–Trinajstić information content (AvgIpc) is 3.26. The van der Waals surface area contributed by atoms with Crippen molar-refractivity contribution in [3.63, 3.8) is 0 Å². The number of aromatic nitrogens is 1. The summed E-state index contributed by atoms with van der Waals surface area (Å²) in [5.41, 5.74) is 0.253. The van der Waals surface area contributed by atoms with E-state index in [9.17, 15) is 18.8 Å². The van der Waals surface area contributed by atoms with Gasteiger partial charge in [-0.1, -0.05) is 30.3 Å². The third kappa shape index (κ3) is 4.01. The van der Waals surface area contributed by atoms with Crippen LogP contribution in [0.3, 0.4) is 0 Å². The van der Waals surface area contributed by atoms with E-state index in [0.717, 1.165) is 22.3 Å². The van der Waals surface area contributed by atoms with Crippen LogP contribution in [0, 0.1) is 5.82 Å². The first-order valence-corrected chi connectivity index (χ1v) is 10.1.